The average Bonchev–Trinajstić information content (AvgIpc) is 2.60. The summed E-state index contributed by atoms with van der Waals surface area (Å²) in [6, 6.07) is -0.803. The second kappa shape index (κ2) is 8.91. The molecule has 0 aromatic carbocycles. The van der Waals surface area contributed by atoms with Gasteiger partial charge in [-0.3, -0.25) is 0 Å². The molecule has 1 aliphatic heterocycles. The van der Waals surface area contributed by atoms with E-state index < -0.39 is 24.3 Å². The Hall–Kier alpha value is -0.0951. The molecule has 1 saturated heterocycles. The van der Waals surface area contributed by atoms with Gasteiger partial charge in [-0.15, -0.1) is 0 Å². The third kappa shape index (κ3) is 5.27. The van der Waals surface area contributed by atoms with Crippen LogP contribution in [0.25, 0.3) is 0 Å². The van der Waals surface area contributed by atoms with Crippen molar-refractivity contribution in [3.63, 3.8) is 0 Å². The molecule has 0 saturated carbocycles. The van der Waals surface area contributed by atoms with Gasteiger partial charge in [0.05, 0.1) is 12.7 Å². The van der Waals surface area contributed by atoms with E-state index in [0.29, 0.717) is 13.2 Å². The zero-order chi connectivity index (χ0) is 13.4. The number of unbranched alkanes of at least 4 members (excludes halogenated alkanes) is 5. The highest BCUT2D eigenvalue weighted by Crippen LogP contribution is 2.19. The second-order valence-electron chi connectivity index (χ2n) is 4.96. The molecule has 0 spiro atoms. The predicted molar refractivity (Wildman–Crippen MR) is 70.6 cm³/mol. The number of aliphatic hydroxyl groups is 2. The summed E-state index contributed by atoms with van der Waals surface area (Å²) < 4.78 is 10.6. The molecule has 4 nitrogen and oxygen atoms in total. The molecule has 4 atom stereocenters. The van der Waals surface area contributed by atoms with Gasteiger partial charge in [0.2, 0.25) is 0 Å². The molecule has 1 fully saturated rings. The fraction of sp³-hybridized carbons (Fsp3) is 1.00. The largest absolute Gasteiger partial charge is 0.388 e. The highest BCUT2D eigenvalue weighted by molar-refractivity contribution is 6.11. The molecule has 1 rings (SSSR count). The maximum absolute atomic E-state index is 9.59. The van der Waals surface area contributed by atoms with Crippen LogP contribution in [0, 0.1) is 0 Å². The van der Waals surface area contributed by atoms with Crippen LogP contribution < -0.4 is 0 Å². The van der Waals surface area contributed by atoms with E-state index in [0.717, 1.165) is 6.42 Å². The molecule has 104 valence electrons. The van der Waals surface area contributed by atoms with Crippen LogP contribution in [0.4, 0.5) is 0 Å². The Labute approximate surface area is 111 Å². The standard InChI is InChI=1S/C13H25BO4/c1-2-3-4-5-6-7-8-17-9-10-11(15)12(16)13(14)18-10/h10-13,15-16H,2-9H2,1H3/t10?,11?,12?,13-/m1/s1. The quantitative estimate of drug-likeness (QED) is 0.477. The van der Waals surface area contributed by atoms with Crippen molar-refractivity contribution in [1.82, 2.24) is 0 Å². The van der Waals surface area contributed by atoms with Gasteiger partial charge < -0.3 is 19.7 Å². The van der Waals surface area contributed by atoms with E-state index in [1.807, 2.05) is 0 Å². The Balaban J connectivity index is 1.95. The first-order chi connectivity index (χ1) is 8.66. The van der Waals surface area contributed by atoms with Gasteiger partial charge in [-0.1, -0.05) is 39.0 Å². The van der Waals surface area contributed by atoms with Crippen molar-refractivity contribution < 1.29 is 19.7 Å². The molecule has 18 heavy (non-hydrogen) atoms. The van der Waals surface area contributed by atoms with Crippen LogP contribution >= 0.6 is 0 Å². The van der Waals surface area contributed by atoms with E-state index in [1.54, 1.807) is 0 Å². The fourth-order valence-corrected chi connectivity index (χ4v) is 2.10. The molecule has 5 heteroatoms. The highest BCUT2D eigenvalue weighted by Gasteiger charge is 2.39. The van der Waals surface area contributed by atoms with E-state index in [2.05, 4.69) is 6.92 Å². The molecule has 0 aromatic rings. The average molecular weight is 256 g/mol. The summed E-state index contributed by atoms with van der Waals surface area (Å²) in [6.07, 6.45) is 4.87. The van der Waals surface area contributed by atoms with Gasteiger partial charge in [0.25, 0.3) is 0 Å². The third-order valence-corrected chi connectivity index (χ3v) is 3.32. The van der Waals surface area contributed by atoms with Gasteiger partial charge >= 0.3 is 0 Å². The number of hydrogen-bond acceptors (Lipinski definition) is 4. The Morgan fingerprint density at radius 2 is 1.72 bits per heavy atom. The molecule has 0 aromatic heterocycles. The number of ether oxygens (including phenoxy) is 2. The van der Waals surface area contributed by atoms with Crippen LogP contribution in [0.5, 0.6) is 0 Å². The van der Waals surface area contributed by atoms with Crippen molar-refractivity contribution in [3.8, 4) is 0 Å². The summed E-state index contributed by atoms with van der Waals surface area (Å²) in [5.74, 6) is 0. The predicted octanol–water partition coefficient (Wildman–Crippen LogP) is 0.979. The molecular formula is C13H25BO4. The van der Waals surface area contributed by atoms with Crippen LogP contribution in [-0.2, 0) is 9.47 Å². The van der Waals surface area contributed by atoms with Crippen molar-refractivity contribution in [2.75, 3.05) is 13.2 Å². The van der Waals surface area contributed by atoms with Crippen LogP contribution in [0.2, 0.25) is 0 Å². The monoisotopic (exact) mass is 256 g/mol. The molecule has 3 unspecified atom stereocenters. The Morgan fingerprint density at radius 3 is 2.33 bits per heavy atom. The lowest BCUT2D eigenvalue weighted by Gasteiger charge is -2.14. The minimum atomic E-state index is -1.01. The number of aliphatic hydroxyl groups excluding tert-OH is 2. The summed E-state index contributed by atoms with van der Waals surface area (Å²) in [7, 11) is 5.47. The lowest BCUT2D eigenvalue weighted by molar-refractivity contribution is -0.0339. The molecule has 1 aliphatic rings. The van der Waals surface area contributed by atoms with Gasteiger partial charge in [-0.2, -0.15) is 0 Å². The van der Waals surface area contributed by atoms with Crippen molar-refractivity contribution >= 4 is 7.85 Å². The zero-order valence-corrected chi connectivity index (χ0v) is 11.3. The van der Waals surface area contributed by atoms with E-state index in [1.165, 1.54) is 32.1 Å². The maximum Gasteiger partial charge on any atom is 0.112 e. The van der Waals surface area contributed by atoms with E-state index in [4.69, 9.17) is 17.3 Å². The summed E-state index contributed by atoms with van der Waals surface area (Å²) in [5.41, 5.74) is 0. The van der Waals surface area contributed by atoms with Gasteiger partial charge in [0, 0.05) is 12.6 Å². The van der Waals surface area contributed by atoms with Gasteiger partial charge in [0.1, 0.15) is 20.1 Å². The normalized spacial score (nSPS) is 31.9. The molecular weight excluding hydrogens is 231 g/mol. The van der Waals surface area contributed by atoms with Gasteiger partial charge in [0.15, 0.2) is 0 Å². The second-order valence-corrected chi connectivity index (χ2v) is 4.96. The lowest BCUT2D eigenvalue weighted by Crippen LogP contribution is -2.34. The van der Waals surface area contributed by atoms with E-state index in [9.17, 15) is 10.2 Å². The molecule has 0 bridgehead atoms. The third-order valence-electron chi connectivity index (χ3n) is 3.32. The van der Waals surface area contributed by atoms with Crippen LogP contribution in [-0.4, -0.2) is 55.6 Å². The molecule has 0 amide bonds. The van der Waals surface area contributed by atoms with Crippen LogP contribution in [0.3, 0.4) is 0 Å². The summed E-state index contributed by atoms with van der Waals surface area (Å²) in [4.78, 5) is 0. The summed E-state index contributed by atoms with van der Waals surface area (Å²) in [6.45, 7) is 3.17. The van der Waals surface area contributed by atoms with Gasteiger partial charge in [-0.25, -0.2) is 0 Å². The Kier molecular flexibility index (Phi) is 7.90. The highest BCUT2D eigenvalue weighted by atomic mass is 16.6. The van der Waals surface area contributed by atoms with E-state index >= 15 is 0 Å². The summed E-state index contributed by atoms with van der Waals surface area (Å²) in [5, 5.41) is 19.0. The first-order valence-electron chi connectivity index (χ1n) is 7.01. The van der Waals surface area contributed by atoms with Crippen molar-refractivity contribution in [2.24, 2.45) is 0 Å². The molecule has 2 radical (unpaired) electrons. The van der Waals surface area contributed by atoms with E-state index in [-0.39, 0.29) is 0 Å². The Bertz CT molecular complexity index is 215. The number of rotatable bonds is 9. The first-order valence-corrected chi connectivity index (χ1v) is 7.01. The van der Waals surface area contributed by atoms with Crippen molar-refractivity contribution in [3.05, 3.63) is 0 Å². The SMILES string of the molecule is [B][C@@H]1OC(COCCCCCCCC)C(O)C1O. The zero-order valence-electron chi connectivity index (χ0n) is 11.3. The minimum Gasteiger partial charge on any atom is -0.388 e. The molecule has 2 N–H and O–H groups in total. The smallest absolute Gasteiger partial charge is 0.112 e. The van der Waals surface area contributed by atoms with Gasteiger partial charge in [-0.05, 0) is 6.42 Å². The topological polar surface area (TPSA) is 58.9 Å². The summed E-state index contributed by atoms with van der Waals surface area (Å²) >= 11 is 0. The lowest BCUT2D eigenvalue weighted by atomic mass is 9.93. The van der Waals surface area contributed by atoms with Crippen molar-refractivity contribution in [1.29, 1.82) is 0 Å². The van der Waals surface area contributed by atoms with Crippen LogP contribution in [0.15, 0.2) is 0 Å². The van der Waals surface area contributed by atoms with Crippen molar-refractivity contribution in [2.45, 2.75) is 69.8 Å². The molecule has 1 heterocycles. The molecule has 0 aliphatic carbocycles. The minimum absolute atomic E-state index is 0.293. The maximum atomic E-state index is 9.59. The first kappa shape index (κ1) is 16.0. The van der Waals surface area contributed by atoms with Crippen LogP contribution in [0.1, 0.15) is 45.4 Å². The fourth-order valence-electron chi connectivity index (χ4n) is 2.10. The Morgan fingerprint density at radius 1 is 1.06 bits per heavy atom. The number of hydrogen-bond donors (Lipinski definition) is 2.